The van der Waals surface area contributed by atoms with Crippen LogP contribution in [0.5, 0.6) is 11.5 Å². The van der Waals surface area contributed by atoms with Crippen molar-refractivity contribution in [2.75, 3.05) is 13.3 Å². The van der Waals surface area contributed by atoms with Gasteiger partial charge < -0.3 is 14.8 Å². The molecule has 3 heterocycles. The van der Waals surface area contributed by atoms with Gasteiger partial charge in [0.25, 0.3) is 0 Å². The van der Waals surface area contributed by atoms with E-state index in [1.165, 1.54) is 11.8 Å². The predicted molar refractivity (Wildman–Crippen MR) is 114 cm³/mol. The van der Waals surface area contributed by atoms with E-state index in [2.05, 4.69) is 20.1 Å². The predicted octanol–water partition coefficient (Wildman–Crippen LogP) is 3.48. The largest absolute Gasteiger partial charge is 0.454 e. The molecule has 1 saturated heterocycles. The third-order valence-electron chi connectivity index (χ3n) is 5.26. The average molecular weight is 423 g/mol. The summed E-state index contributed by atoms with van der Waals surface area (Å²) in [6.07, 6.45) is 2.88. The number of nitrogens with zero attached hydrogens (tertiary/aromatic N) is 3. The number of carbonyl (C=O) groups excluding carboxylic acids is 1. The number of ether oxygens (including phenoxy) is 2. The van der Waals surface area contributed by atoms with Crippen molar-refractivity contribution in [3.8, 4) is 22.9 Å². The Morgan fingerprint density at radius 3 is 2.83 bits per heavy atom. The Balaban J connectivity index is 1.49. The average Bonchev–Trinajstić information content (AvgIpc) is 3.34. The Bertz CT molecular complexity index is 1050. The van der Waals surface area contributed by atoms with E-state index < -0.39 is 0 Å². The molecule has 154 valence electrons. The maximum Gasteiger partial charge on any atom is 0.233 e. The smallest absolute Gasteiger partial charge is 0.233 e. The Morgan fingerprint density at radius 1 is 1.07 bits per heavy atom. The minimum atomic E-state index is -0.157. The third kappa shape index (κ3) is 3.87. The van der Waals surface area contributed by atoms with Crippen LogP contribution in [0.1, 0.15) is 24.8 Å². The quantitative estimate of drug-likeness (QED) is 0.678. The van der Waals surface area contributed by atoms with E-state index in [-0.39, 0.29) is 18.0 Å². The number of carbonyl (C=O) groups is 1. The molecule has 0 aliphatic carbocycles. The monoisotopic (exact) mass is 422 g/mol. The SMILES string of the molecule is O=C1NCCCCC1Sc1nnc(-c2ccccc2)n1Cc1ccc2c(c1)OCO2. The zero-order valence-electron chi connectivity index (χ0n) is 16.4. The number of thioether (sulfide) groups is 1. The lowest BCUT2D eigenvalue weighted by molar-refractivity contribution is -0.120. The maximum atomic E-state index is 12.5. The van der Waals surface area contributed by atoms with Crippen LogP contribution in [0.2, 0.25) is 0 Å². The fraction of sp³-hybridized carbons (Fsp3) is 0.318. The summed E-state index contributed by atoms with van der Waals surface area (Å²) >= 11 is 1.49. The molecule has 2 aliphatic heterocycles. The highest BCUT2D eigenvalue weighted by Crippen LogP contribution is 2.34. The summed E-state index contributed by atoms with van der Waals surface area (Å²) in [5, 5.41) is 12.5. The molecule has 0 bridgehead atoms. The van der Waals surface area contributed by atoms with Crippen molar-refractivity contribution in [2.45, 2.75) is 36.2 Å². The first-order valence-corrected chi connectivity index (χ1v) is 11.0. The van der Waals surface area contributed by atoms with E-state index in [1.54, 1.807) is 0 Å². The molecule has 0 spiro atoms. The Kier molecular flexibility index (Phi) is 5.31. The highest BCUT2D eigenvalue weighted by Gasteiger charge is 2.26. The molecule has 1 amide bonds. The van der Waals surface area contributed by atoms with Crippen LogP contribution in [-0.4, -0.2) is 39.3 Å². The van der Waals surface area contributed by atoms with Gasteiger partial charge in [0.15, 0.2) is 22.5 Å². The number of benzene rings is 2. The van der Waals surface area contributed by atoms with Gasteiger partial charge in [0.05, 0.1) is 11.8 Å². The number of fused-ring (bicyclic) bond motifs is 1. The summed E-state index contributed by atoms with van der Waals surface area (Å²) in [5.41, 5.74) is 2.05. The number of hydrogen-bond donors (Lipinski definition) is 1. The van der Waals surface area contributed by atoms with Crippen LogP contribution in [-0.2, 0) is 11.3 Å². The lowest BCUT2D eigenvalue weighted by Crippen LogP contribution is -2.30. The molecule has 1 fully saturated rings. The first-order chi connectivity index (χ1) is 14.8. The molecule has 2 aliphatic rings. The van der Waals surface area contributed by atoms with Crippen LogP contribution in [0.25, 0.3) is 11.4 Å². The first-order valence-electron chi connectivity index (χ1n) is 10.1. The molecule has 0 radical (unpaired) electrons. The van der Waals surface area contributed by atoms with Gasteiger partial charge in [-0.05, 0) is 30.5 Å². The number of amides is 1. The molecule has 5 rings (SSSR count). The van der Waals surface area contributed by atoms with Gasteiger partial charge in [-0.25, -0.2) is 0 Å². The molecule has 1 aromatic heterocycles. The van der Waals surface area contributed by atoms with E-state index in [4.69, 9.17) is 9.47 Å². The van der Waals surface area contributed by atoms with Crippen LogP contribution in [0.3, 0.4) is 0 Å². The van der Waals surface area contributed by atoms with Gasteiger partial charge in [0, 0.05) is 12.1 Å². The summed E-state index contributed by atoms with van der Waals surface area (Å²) in [5.74, 6) is 2.37. The van der Waals surface area contributed by atoms with Gasteiger partial charge in [0.1, 0.15) is 0 Å². The lowest BCUT2D eigenvalue weighted by atomic mass is 10.2. The van der Waals surface area contributed by atoms with Gasteiger partial charge in [-0.1, -0.05) is 54.6 Å². The molecule has 3 aromatic rings. The topological polar surface area (TPSA) is 78.3 Å². The second-order valence-electron chi connectivity index (χ2n) is 7.34. The summed E-state index contributed by atoms with van der Waals surface area (Å²) in [4.78, 5) is 12.5. The van der Waals surface area contributed by atoms with Crippen molar-refractivity contribution in [1.29, 1.82) is 0 Å². The van der Waals surface area contributed by atoms with Crippen molar-refractivity contribution in [3.05, 3.63) is 54.1 Å². The van der Waals surface area contributed by atoms with Crippen LogP contribution in [0.4, 0.5) is 0 Å². The number of nitrogens with one attached hydrogen (secondary N) is 1. The van der Waals surface area contributed by atoms with Gasteiger partial charge in [0.2, 0.25) is 12.7 Å². The fourth-order valence-corrected chi connectivity index (χ4v) is 4.79. The molecule has 1 N–H and O–H groups in total. The number of hydrogen-bond acceptors (Lipinski definition) is 6. The number of rotatable bonds is 5. The van der Waals surface area contributed by atoms with Crippen LogP contribution in [0.15, 0.2) is 53.7 Å². The van der Waals surface area contributed by atoms with Gasteiger partial charge in [-0.2, -0.15) is 0 Å². The molecule has 8 heteroatoms. The van der Waals surface area contributed by atoms with E-state index in [0.29, 0.717) is 6.54 Å². The molecule has 0 saturated carbocycles. The summed E-state index contributed by atoms with van der Waals surface area (Å²) in [7, 11) is 0. The van der Waals surface area contributed by atoms with Crippen molar-refractivity contribution in [2.24, 2.45) is 0 Å². The van der Waals surface area contributed by atoms with Crippen LogP contribution in [0, 0.1) is 0 Å². The van der Waals surface area contributed by atoms with Crippen molar-refractivity contribution >= 4 is 17.7 Å². The highest BCUT2D eigenvalue weighted by atomic mass is 32.2. The minimum Gasteiger partial charge on any atom is -0.454 e. The van der Waals surface area contributed by atoms with E-state index in [9.17, 15) is 4.79 Å². The molecule has 7 nitrogen and oxygen atoms in total. The standard InChI is InChI=1S/C22H22N4O3S/c27-21-19(8-4-5-11-23-21)30-22-25-24-20(16-6-2-1-3-7-16)26(22)13-15-9-10-17-18(12-15)29-14-28-17/h1-3,6-7,9-10,12,19H,4-5,8,11,13-14H2,(H,23,27). The van der Waals surface area contributed by atoms with Gasteiger partial charge in [-0.3, -0.25) is 9.36 Å². The highest BCUT2D eigenvalue weighted by molar-refractivity contribution is 8.00. The van der Waals surface area contributed by atoms with Gasteiger partial charge in [-0.15, -0.1) is 10.2 Å². The summed E-state index contributed by atoms with van der Waals surface area (Å²) in [6.45, 7) is 1.57. The van der Waals surface area contributed by atoms with E-state index in [1.807, 2.05) is 48.5 Å². The maximum absolute atomic E-state index is 12.5. The second-order valence-corrected chi connectivity index (χ2v) is 8.51. The molecular formula is C22H22N4O3S. The molecule has 1 atom stereocenters. The molecule has 30 heavy (non-hydrogen) atoms. The normalized spacial score (nSPS) is 18.1. The van der Waals surface area contributed by atoms with E-state index >= 15 is 0 Å². The van der Waals surface area contributed by atoms with Crippen LogP contribution >= 0.6 is 11.8 Å². The fourth-order valence-electron chi connectivity index (χ4n) is 3.69. The van der Waals surface area contributed by atoms with Crippen molar-refractivity contribution < 1.29 is 14.3 Å². The van der Waals surface area contributed by atoms with Crippen LogP contribution < -0.4 is 14.8 Å². The molecule has 2 aromatic carbocycles. The zero-order valence-corrected chi connectivity index (χ0v) is 17.2. The third-order valence-corrected chi connectivity index (χ3v) is 6.51. The van der Waals surface area contributed by atoms with Crippen molar-refractivity contribution in [1.82, 2.24) is 20.1 Å². The van der Waals surface area contributed by atoms with Gasteiger partial charge >= 0.3 is 0 Å². The lowest BCUT2D eigenvalue weighted by Gasteiger charge is -2.15. The Hall–Kier alpha value is -3.00. The van der Waals surface area contributed by atoms with Crippen molar-refractivity contribution in [3.63, 3.8) is 0 Å². The zero-order chi connectivity index (χ0) is 20.3. The second kappa shape index (κ2) is 8.39. The Labute approximate surface area is 178 Å². The minimum absolute atomic E-state index is 0.0800. The first kappa shape index (κ1) is 19.0. The van der Waals surface area contributed by atoms with E-state index in [0.717, 1.165) is 59.4 Å². The number of aromatic nitrogens is 3. The Morgan fingerprint density at radius 2 is 1.93 bits per heavy atom. The summed E-state index contributed by atoms with van der Waals surface area (Å²) in [6, 6.07) is 15.9. The molecule has 1 unspecified atom stereocenters. The summed E-state index contributed by atoms with van der Waals surface area (Å²) < 4.78 is 13.0. The molecular weight excluding hydrogens is 400 g/mol.